The van der Waals surface area contributed by atoms with E-state index in [1.807, 2.05) is 13.0 Å². The van der Waals surface area contributed by atoms with Crippen LogP contribution in [0.3, 0.4) is 0 Å². The van der Waals surface area contributed by atoms with Gasteiger partial charge < -0.3 is 5.73 Å². The average Bonchev–Trinajstić information content (AvgIpc) is 2.41. The Bertz CT molecular complexity index is 632. The highest BCUT2D eigenvalue weighted by atomic mass is 32.3. The van der Waals surface area contributed by atoms with Crippen LogP contribution in [0.4, 0.5) is 5.69 Å². The van der Waals surface area contributed by atoms with Gasteiger partial charge in [0.05, 0.1) is 5.25 Å². The SMILES string of the molecule is Cc1ccc(N)cc1C(C)S(O)(O)c1cccc[n+]1O. The monoisotopic (exact) mass is 295 g/mol. The smallest absolute Gasteiger partial charge is 0.344 e. The van der Waals surface area contributed by atoms with E-state index >= 15 is 0 Å². The number of aryl methyl sites for hydroxylation is 1. The van der Waals surface area contributed by atoms with Crippen LogP contribution in [0, 0.1) is 6.92 Å². The van der Waals surface area contributed by atoms with Crippen molar-refractivity contribution in [3.63, 3.8) is 0 Å². The lowest BCUT2D eigenvalue weighted by molar-refractivity contribution is -0.933. The summed E-state index contributed by atoms with van der Waals surface area (Å²) in [5.41, 5.74) is 8.02. The predicted molar refractivity (Wildman–Crippen MR) is 78.9 cm³/mol. The molecule has 0 spiro atoms. The number of nitrogens with zero attached hydrogens (tertiary/aromatic N) is 1. The van der Waals surface area contributed by atoms with Crippen LogP contribution in [0.2, 0.25) is 0 Å². The van der Waals surface area contributed by atoms with Crippen molar-refractivity contribution < 1.29 is 19.0 Å². The molecule has 0 bridgehead atoms. The molecule has 1 unspecified atom stereocenters. The van der Waals surface area contributed by atoms with Gasteiger partial charge in [0.25, 0.3) is 0 Å². The van der Waals surface area contributed by atoms with Gasteiger partial charge in [-0.1, -0.05) is 6.07 Å². The second-order valence-electron chi connectivity index (χ2n) is 4.73. The molecular weight excluding hydrogens is 276 g/mol. The number of nitrogen functional groups attached to an aromatic ring is 1. The second-order valence-corrected chi connectivity index (χ2v) is 7.05. The van der Waals surface area contributed by atoms with E-state index < -0.39 is 15.8 Å². The molecule has 2 rings (SSSR count). The van der Waals surface area contributed by atoms with Crippen LogP contribution in [0.25, 0.3) is 0 Å². The maximum Gasteiger partial charge on any atom is 0.344 e. The van der Waals surface area contributed by atoms with Crippen LogP contribution in [0.5, 0.6) is 0 Å². The maximum atomic E-state index is 10.5. The van der Waals surface area contributed by atoms with Crippen molar-refractivity contribution in [3.8, 4) is 0 Å². The summed E-state index contributed by atoms with van der Waals surface area (Å²) in [5.74, 6) is 0. The fourth-order valence-electron chi connectivity index (χ4n) is 2.11. The highest BCUT2D eigenvalue weighted by Crippen LogP contribution is 2.58. The van der Waals surface area contributed by atoms with E-state index in [1.165, 1.54) is 12.3 Å². The van der Waals surface area contributed by atoms with Crippen molar-refractivity contribution in [1.82, 2.24) is 0 Å². The van der Waals surface area contributed by atoms with Gasteiger partial charge in [0.1, 0.15) is 0 Å². The first-order valence-electron chi connectivity index (χ1n) is 6.17. The second kappa shape index (κ2) is 5.32. The Morgan fingerprint density at radius 1 is 1.20 bits per heavy atom. The fourth-order valence-corrected chi connectivity index (χ4v) is 3.70. The van der Waals surface area contributed by atoms with Crippen molar-refractivity contribution in [3.05, 3.63) is 53.7 Å². The van der Waals surface area contributed by atoms with Gasteiger partial charge in [-0.3, -0.25) is 14.3 Å². The molecule has 1 aromatic carbocycles. The van der Waals surface area contributed by atoms with Gasteiger partial charge >= 0.3 is 5.03 Å². The van der Waals surface area contributed by atoms with Gasteiger partial charge in [0.15, 0.2) is 0 Å². The minimum atomic E-state index is -3.20. The third-order valence-electron chi connectivity index (χ3n) is 3.35. The summed E-state index contributed by atoms with van der Waals surface area (Å²) in [6, 6.07) is 10.1. The standard InChI is InChI=1S/C14H18N2O3S/c1-10-6-7-12(15)9-13(10)11(2)20(18,19)14-5-3-4-8-16(14)17/h3-9,11H,15H2,1-2H3,(H2-,17,18,19)/p+1. The van der Waals surface area contributed by atoms with Crippen LogP contribution < -0.4 is 10.5 Å². The van der Waals surface area contributed by atoms with Gasteiger partial charge in [-0.05, 0) is 43.2 Å². The molecule has 0 aliphatic carbocycles. The Balaban J connectivity index is 2.48. The zero-order chi connectivity index (χ0) is 14.9. The predicted octanol–water partition coefficient (Wildman–Crippen LogP) is 2.97. The first-order valence-corrected chi connectivity index (χ1v) is 7.78. The molecule has 0 aliphatic heterocycles. The minimum Gasteiger partial charge on any atom is -0.399 e. The van der Waals surface area contributed by atoms with Crippen molar-refractivity contribution in [2.75, 3.05) is 5.73 Å². The Hall–Kier alpha value is -1.76. The van der Waals surface area contributed by atoms with E-state index in [1.54, 1.807) is 31.2 Å². The zero-order valence-electron chi connectivity index (χ0n) is 11.4. The summed E-state index contributed by atoms with van der Waals surface area (Å²) in [4.78, 5) is 0. The molecule has 0 saturated heterocycles. The quantitative estimate of drug-likeness (QED) is 0.398. The van der Waals surface area contributed by atoms with Crippen LogP contribution in [0.1, 0.15) is 23.3 Å². The zero-order valence-corrected chi connectivity index (χ0v) is 12.2. The van der Waals surface area contributed by atoms with Gasteiger partial charge in [-0.2, -0.15) is 0 Å². The summed E-state index contributed by atoms with van der Waals surface area (Å²) < 4.78 is 21.8. The van der Waals surface area contributed by atoms with Crippen LogP contribution in [-0.4, -0.2) is 14.3 Å². The lowest BCUT2D eigenvalue weighted by Gasteiger charge is -2.35. The van der Waals surface area contributed by atoms with Crippen molar-refractivity contribution >= 4 is 16.3 Å². The molecule has 1 heterocycles. The number of hydrogen-bond donors (Lipinski definition) is 4. The van der Waals surface area contributed by atoms with Crippen LogP contribution in [0.15, 0.2) is 47.6 Å². The molecule has 0 radical (unpaired) electrons. The third kappa shape index (κ3) is 2.58. The topological polar surface area (TPSA) is 90.6 Å². The summed E-state index contributed by atoms with van der Waals surface area (Å²) in [7, 11) is -3.20. The van der Waals surface area contributed by atoms with Gasteiger partial charge in [0, 0.05) is 22.6 Å². The van der Waals surface area contributed by atoms with Crippen molar-refractivity contribution in [1.29, 1.82) is 0 Å². The first kappa shape index (κ1) is 14.6. The third-order valence-corrected chi connectivity index (χ3v) is 5.52. The molecule has 5 N–H and O–H groups in total. The molecule has 1 aromatic heterocycles. The molecule has 1 atom stereocenters. The van der Waals surface area contributed by atoms with E-state index in [4.69, 9.17) is 5.73 Å². The Morgan fingerprint density at radius 3 is 2.55 bits per heavy atom. The van der Waals surface area contributed by atoms with Crippen LogP contribution >= 0.6 is 10.6 Å². The van der Waals surface area contributed by atoms with Crippen molar-refractivity contribution in [2.24, 2.45) is 0 Å². The lowest BCUT2D eigenvalue weighted by atomic mass is 10.1. The van der Waals surface area contributed by atoms with E-state index in [0.29, 0.717) is 5.69 Å². The maximum absolute atomic E-state index is 10.5. The Morgan fingerprint density at radius 2 is 1.90 bits per heavy atom. The van der Waals surface area contributed by atoms with E-state index in [9.17, 15) is 14.3 Å². The molecule has 108 valence electrons. The number of rotatable bonds is 3. The highest BCUT2D eigenvalue weighted by molar-refractivity contribution is 8.24. The summed E-state index contributed by atoms with van der Waals surface area (Å²) in [6.45, 7) is 3.60. The highest BCUT2D eigenvalue weighted by Gasteiger charge is 2.34. The number of pyridine rings is 1. The molecule has 20 heavy (non-hydrogen) atoms. The number of benzene rings is 1. The average molecular weight is 295 g/mol. The largest absolute Gasteiger partial charge is 0.399 e. The van der Waals surface area contributed by atoms with Crippen molar-refractivity contribution in [2.45, 2.75) is 24.1 Å². The molecule has 0 aliphatic rings. The number of hydrogen-bond acceptors (Lipinski definition) is 4. The Kier molecular flexibility index (Phi) is 3.89. The fraction of sp³-hybridized carbons (Fsp3) is 0.214. The molecule has 5 nitrogen and oxygen atoms in total. The summed E-state index contributed by atoms with van der Waals surface area (Å²) >= 11 is 0. The molecular formula is C14H19N2O3S+. The molecule has 2 aromatic rings. The number of nitrogens with two attached hydrogens (primary N) is 1. The molecule has 0 saturated carbocycles. The Labute approximate surface area is 119 Å². The molecule has 0 fully saturated rings. The van der Waals surface area contributed by atoms with E-state index in [-0.39, 0.29) is 5.03 Å². The summed E-state index contributed by atoms with van der Waals surface area (Å²) in [5, 5.41) is 9.26. The number of anilines is 1. The normalized spacial score (nSPS) is 14.0. The lowest BCUT2D eigenvalue weighted by Crippen LogP contribution is -2.36. The van der Waals surface area contributed by atoms with Gasteiger partial charge in [0.2, 0.25) is 6.20 Å². The number of aromatic nitrogens is 1. The first-order chi connectivity index (χ1) is 9.34. The summed E-state index contributed by atoms with van der Waals surface area (Å²) in [6.07, 6.45) is 1.36. The van der Waals surface area contributed by atoms with Gasteiger partial charge in [-0.25, -0.2) is 0 Å². The van der Waals surface area contributed by atoms with Crippen LogP contribution in [-0.2, 0) is 0 Å². The molecule has 0 amide bonds. The van der Waals surface area contributed by atoms with Gasteiger partial charge in [-0.15, -0.1) is 10.6 Å². The minimum absolute atomic E-state index is 0.0781. The van der Waals surface area contributed by atoms with E-state index in [2.05, 4.69) is 0 Å². The molecule has 6 heteroatoms. The van der Waals surface area contributed by atoms with E-state index in [0.717, 1.165) is 15.9 Å².